The van der Waals surface area contributed by atoms with Gasteiger partial charge in [-0.3, -0.25) is 10.1 Å². The molecule has 4 heteroatoms. The lowest BCUT2D eigenvalue weighted by atomic mass is 9.99. The molecule has 2 saturated heterocycles. The summed E-state index contributed by atoms with van der Waals surface area (Å²) in [6, 6.07) is 0.0522. The van der Waals surface area contributed by atoms with E-state index in [9.17, 15) is 4.79 Å². The second kappa shape index (κ2) is 6.53. The third-order valence-electron chi connectivity index (χ3n) is 4.43. The molecule has 1 amide bonds. The van der Waals surface area contributed by atoms with E-state index < -0.39 is 0 Å². The molecule has 104 valence electrons. The van der Waals surface area contributed by atoms with Crippen LogP contribution in [0.3, 0.4) is 0 Å². The topological polar surface area (TPSA) is 35.6 Å². The van der Waals surface area contributed by atoms with Crippen LogP contribution in [0.2, 0.25) is 0 Å². The first-order chi connectivity index (χ1) is 8.72. The zero-order chi connectivity index (χ0) is 13.0. The summed E-state index contributed by atoms with van der Waals surface area (Å²) in [5.41, 5.74) is 0. The van der Waals surface area contributed by atoms with Gasteiger partial charge in [0, 0.05) is 13.1 Å². The standard InChI is InChI=1S/C14H27N3O/c1-3-12(2)13-14(18)17(11-15-13)10-9-16-7-5-4-6-8-16/h12-13,15H,3-11H2,1-2H3. The minimum atomic E-state index is 0.0522. The average molecular weight is 253 g/mol. The van der Waals surface area contributed by atoms with Gasteiger partial charge in [-0.15, -0.1) is 0 Å². The lowest BCUT2D eigenvalue weighted by Crippen LogP contribution is -2.40. The predicted molar refractivity (Wildman–Crippen MR) is 73.2 cm³/mol. The maximum Gasteiger partial charge on any atom is 0.241 e. The van der Waals surface area contributed by atoms with Gasteiger partial charge in [-0.05, 0) is 31.8 Å². The highest BCUT2D eigenvalue weighted by atomic mass is 16.2. The van der Waals surface area contributed by atoms with Gasteiger partial charge in [0.15, 0.2) is 0 Å². The number of likely N-dealkylation sites (tertiary alicyclic amines) is 1. The molecule has 2 aliphatic rings. The Labute approximate surface area is 111 Å². The van der Waals surface area contributed by atoms with E-state index in [1.807, 2.05) is 4.90 Å². The van der Waals surface area contributed by atoms with Crippen LogP contribution < -0.4 is 5.32 Å². The molecule has 0 aromatic rings. The van der Waals surface area contributed by atoms with Crippen LogP contribution >= 0.6 is 0 Å². The van der Waals surface area contributed by atoms with E-state index in [1.165, 1.54) is 32.4 Å². The van der Waals surface area contributed by atoms with Crippen molar-refractivity contribution in [2.75, 3.05) is 32.8 Å². The summed E-state index contributed by atoms with van der Waals surface area (Å²) in [6.45, 7) is 9.40. The highest BCUT2D eigenvalue weighted by molar-refractivity contribution is 5.84. The van der Waals surface area contributed by atoms with Crippen LogP contribution in [0.15, 0.2) is 0 Å². The second-order valence-corrected chi connectivity index (χ2v) is 5.73. The lowest BCUT2D eigenvalue weighted by molar-refractivity contribution is -0.130. The summed E-state index contributed by atoms with van der Waals surface area (Å²) < 4.78 is 0. The van der Waals surface area contributed by atoms with Gasteiger partial charge in [0.05, 0.1) is 12.7 Å². The summed E-state index contributed by atoms with van der Waals surface area (Å²) in [7, 11) is 0. The number of nitrogens with zero attached hydrogens (tertiary/aromatic N) is 2. The Balaban J connectivity index is 1.75. The van der Waals surface area contributed by atoms with Gasteiger partial charge >= 0.3 is 0 Å². The number of hydrogen-bond acceptors (Lipinski definition) is 3. The molecule has 0 aliphatic carbocycles. The summed E-state index contributed by atoms with van der Waals surface area (Å²) in [4.78, 5) is 16.7. The molecule has 2 aliphatic heterocycles. The Hall–Kier alpha value is -0.610. The third-order valence-corrected chi connectivity index (χ3v) is 4.43. The Morgan fingerprint density at radius 1 is 1.28 bits per heavy atom. The van der Waals surface area contributed by atoms with Crippen LogP contribution in [-0.4, -0.2) is 54.6 Å². The molecule has 2 unspecified atom stereocenters. The van der Waals surface area contributed by atoms with E-state index in [0.29, 0.717) is 11.8 Å². The monoisotopic (exact) mass is 253 g/mol. The van der Waals surface area contributed by atoms with Gasteiger partial charge in [-0.1, -0.05) is 26.7 Å². The van der Waals surface area contributed by atoms with Crippen molar-refractivity contribution in [1.82, 2.24) is 15.1 Å². The first kappa shape index (κ1) is 13.8. The Kier molecular flexibility index (Phi) is 5.01. The molecule has 0 aromatic carbocycles. The summed E-state index contributed by atoms with van der Waals surface area (Å²) in [5, 5.41) is 3.35. The number of carbonyl (C=O) groups excluding carboxylic acids is 1. The van der Waals surface area contributed by atoms with E-state index in [1.54, 1.807) is 0 Å². The Bertz CT molecular complexity index is 276. The van der Waals surface area contributed by atoms with Crippen LogP contribution in [0.5, 0.6) is 0 Å². The van der Waals surface area contributed by atoms with Crippen LogP contribution in [0.1, 0.15) is 39.5 Å². The average Bonchev–Trinajstić information content (AvgIpc) is 2.78. The lowest BCUT2D eigenvalue weighted by Gasteiger charge is -2.28. The molecule has 0 bridgehead atoms. The van der Waals surface area contributed by atoms with Gasteiger partial charge < -0.3 is 9.80 Å². The molecular formula is C14H27N3O. The van der Waals surface area contributed by atoms with Crippen molar-refractivity contribution in [1.29, 1.82) is 0 Å². The maximum absolute atomic E-state index is 12.2. The van der Waals surface area contributed by atoms with Crippen molar-refractivity contribution in [3.63, 3.8) is 0 Å². The summed E-state index contributed by atoms with van der Waals surface area (Å²) >= 11 is 0. The Morgan fingerprint density at radius 3 is 2.67 bits per heavy atom. The van der Waals surface area contributed by atoms with Gasteiger partial charge in [0.1, 0.15) is 0 Å². The largest absolute Gasteiger partial charge is 0.327 e. The van der Waals surface area contributed by atoms with Crippen LogP contribution in [0.4, 0.5) is 0 Å². The minimum absolute atomic E-state index is 0.0522. The highest BCUT2D eigenvalue weighted by Crippen LogP contribution is 2.15. The normalized spacial score (nSPS) is 27.8. The van der Waals surface area contributed by atoms with E-state index in [0.717, 1.165) is 26.2 Å². The molecule has 0 saturated carbocycles. The SMILES string of the molecule is CCC(C)C1NCN(CCN2CCCCC2)C1=O. The number of carbonyl (C=O) groups is 1. The van der Waals surface area contributed by atoms with Gasteiger partial charge in [-0.25, -0.2) is 0 Å². The van der Waals surface area contributed by atoms with Gasteiger partial charge in [-0.2, -0.15) is 0 Å². The number of amides is 1. The maximum atomic E-state index is 12.2. The molecule has 2 atom stereocenters. The van der Waals surface area contributed by atoms with Crippen molar-refractivity contribution in [3.8, 4) is 0 Å². The first-order valence-electron chi connectivity index (χ1n) is 7.47. The first-order valence-corrected chi connectivity index (χ1v) is 7.47. The van der Waals surface area contributed by atoms with Crippen molar-refractivity contribution >= 4 is 5.91 Å². The fourth-order valence-electron chi connectivity index (χ4n) is 2.89. The van der Waals surface area contributed by atoms with Crippen LogP contribution in [-0.2, 0) is 4.79 Å². The van der Waals surface area contributed by atoms with E-state index >= 15 is 0 Å². The number of rotatable bonds is 5. The third kappa shape index (κ3) is 3.23. The summed E-state index contributed by atoms with van der Waals surface area (Å²) in [6.07, 6.45) is 5.07. The van der Waals surface area contributed by atoms with E-state index in [4.69, 9.17) is 0 Å². The van der Waals surface area contributed by atoms with Gasteiger partial charge in [0.25, 0.3) is 0 Å². The van der Waals surface area contributed by atoms with Crippen LogP contribution in [0.25, 0.3) is 0 Å². The Morgan fingerprint density at radius 2 is 2.00 bits per heavy atom. The zero-order valence-corrected chi connectivity index (χ0v) is 11.8. The molecule has 2 rings (SSSR count). The summed E-state index contributed by atoms with van der Waals surface area (Å²) in [5.74, 6) is 0.749. The quantitative estimate of drug-likeness (QED) is 0.801. The fraction of sp³-hybridized carbons (Fsp3) is 0.929. The number of piperidine rings is 1. The predicted octanol–water partition coefficient (Wildman–Crippen LogP) is 1.28. The molecule has 0 aromatic heterocycles. The van der Waals surface area contributed by atoms with Crippen molar-refractivity contribution in [3.05, 3.63) is 0 Å². The molecular weight excluding hydrogens is 226 g/mol. The number of hydrogen-bond donors (Lipinski definition) is 1. The molecule has 0 spiro atoms. The molecule has 4 nitrogen and oxygen atoms in total. The minimum Gasteiger partial charge on any atom is -0.327 e. The molecule has 0 radical (unpaired) electrons. The molecule has 18 heavy (non-hydrogen) atoms. The van der Waals surface area contributed by atoms with Crippen molar-refractivity contribution < 1.29 is 4.79 Å². The van der Waals surface area contributed by atoms with Crippen molar-refractivity contribution in [2.45, 2.75) is 45.6 Å². The molecule has 2 heterocycles. The fourth-order valence-corrected chi connectivity index (χ4v) is 2.89. The molecule has 1 N–H and O–H groups in total. The number of nitrogens with one attached hydrogen (secondary N) is 1. The van der Waals surface area contributed by atoms with Gasteiger partial charge in [0.2, 0.25) is 5.91 Å². The second-order valence-electron chi connectivity index (χ2n) is 5.73. The smallest absolute Gasteiger partial charge is 0.241 e. The van der Waals surface area contributed by atoms with Crippen LogP contribution in [0, 0.1) is 5.92 Å². The highest BCUT2D eigenvalue weighted by Gasteiger charge is 2.33. The van der Waals surface area contributed by atoms with E-state index in [2.05, 4.69) is 24.1 Å². The zero-order valence-electron chi connectivity index (χ0n) is 11.8. The van der Waals surface area contributed by atoms with Crippen molar-refractivity contribution in [2.24, 2.45) is 5.92 Å². The molecule has 2 fully saturated rings. The van der Waals surface area contributed by atoms with E-state index in [-0.39, 0.29) is 6.04 Å².